The number of nitro groups is 1. The molecular formula is C9H8F3NO3. The van der Waals surface area contributed by atoms with Gasteiger partial charge < -0.3 is 5.11 Å². The predicted molar refractivity (Wildman–Crippen MR) is 48.7 cm³/mol. The van der Waals surface area contributed by atoms with Crippen molar-refractivity contribution in [2.45, 2.75) is 18.7 Å². The molecule has 0 bridgehead atoms. The van der Waals surface area contributed by atoms with Gasteiger partial charge in [-0.2, -0.15) is 13.2 Å². The second-order valence-corrected chi connectivity index (χ2v) is 3.38. The van der Waals surface area contributed by atoms with Gasteiger partial charge >= 0.3 is 6.18 Å². The van der Waals surface area contributed by atoms with Crippen molar-refractivity contribution in [1.82, 2.24) is 0 Å². The van der Waals surface area contributed by atoms with E-state index in [2.05, 4.69) is 0 Å². The molecule has 1 unspecified atom stereocenters. The van der Waals surface area contributed by atoms with Crippen LogP contribution in [0.3, 0.4) is 0 Å². The Morgan fingerprint density at radius 1 is 1.38 bits per heavy atom. The summed E-state index contributed by atoms with van der Waals surface area (Å²) in [4.78, 5) is 9.55. The zero-order chi connectivity index (χ0) is 12.6. The van der Waals surface area contributed by atoms with Crippen LogP contribution in [-0.2, 0) is 5.60 Å². The predicted octanol–water partition coefficient (Wildman–Crippen LogP) is 2.36. The van der Waals surface area contributed by atoms with Crippen LogP contribution in [-0.4, -0.2) is 16.2 Å². The Morgan fingerprint density at radius 3 is 2.38 bits per heavy atom. The average Bonchev–Trinajstić information content (AvgIpc) is 2.16. The van der Waals surface area contributed by atoms with Gasteiger partial charge in [0.05, 0.1) is 4.92 Å². The van der Waals surface area contributed by atoms with Crippen molar-refractivity contribution < 1.29 is 23.2 Å². The lowest BCUT2D eigenvalue weighted by Crippen LogP contribution is -2.39. The molecule has 0 aromatic heterocycles. The van der Waals surface area contributed by atoms with Crippen LogP contribution in [0.5, 0.6) is 0 Å². The maximum absolute atomic E-state index is 12.4. The summed E-state index contributed by atoms with van der Waals surface area (Å²) in [6.07, 6.45) is -4.89. The number of nitrogens with zero attached hydrogens (tertiary/aromatic N) is 1. The molecule has 0 fully saturated rings. The first-order chi connectivity index (χ1) is 7.16. The van der Waals surface area contributed by atoms with Crippen LogP contribution in [0.25, 0.3) is 0 Å². The van der Waals surface area contributed by atoms with Crippen LogP contribution in [0, 0.1) is 10.1 Å². The zero-order valence-electron chi connectivity index (χ0n) is 8.15. The van der Waals surface area contributed by atoms with Crippen LogP contribution < -0.4 is 0 Å². The van der Waals surface area contributed by atoms with Crippen LogP contribution >= 0.6 is 0 Å². The molecule has 1 N–H and O–H groups in total. The number of hydrogen-bond acceptors (Lipinski definition) is 3. The van der Waals surface area contributed by atoms with Gasteiger partial charge in [-0.3, -0.25) is 10.1 Å². The molecule has 4 nitrogen and oxygen atoms in total. The van der Waals surface area contributed by atoms with Crippen molar-refractivity contribution in [3.05, 3.63) is 39.9 Å². The largest absolute Gasteiger partial charge is 0.421 e. The van der Waals surface area contributed by atoms with Crippen molar-refractivity contribution in [2.24, 2.45) is 0 Å². The Labute approximate surface area is 88.5 Å². The van der Waals surface area contributed by atoms with Gasteiger partial charge in [0.15, 0.2) is 5.60 Å². The molecule has 0 saturated heterocycles. The summed E-state index contributed by atoms with van der Waals surface area (Å²) in [6.45, 7) is 0.548. The molecule has 1 aromatic carbocycles. The second-order valence-electron chi connectivity index (χ2n) is 3.38. The molecule has 16 heavy (non-hydrogen) atoms. The first kappa shape index (κ1) is 12.4. The highest BCUT2D eigenvalue weighted by molar-refractivity contribution is 5.37. The van der Waals surface area contributed by atoms with Crippen LogP contribution in [0.1, 0.15) is 12.5 Å². The Bertz CT molecular complexity index is 415. The van der Waals surface area contributed by atoms with Crippen LogP contribution in [0.2, 0.25) is 0 Å². The molecular weight excluding hydrogens is 227 g/mol. The number of nitro benzene ring substituents is 1. The first-order valence-electron chi connectivity index (χ1n) is 4.20. The van der Waals surface area contributed by atoms with Crippen molar-refractivity contribution in [3.8, 4) is 0 Å². The van der Waals surface area contributed by atoms with E-state index < -0.39 is 28.0 Å². The lowest BCUT2D eigenvalue weighted by Gasteiger charge is -2.26. The number of hydrogen-bond donors (Lipinski definition) is 1. The van der Waals surface area contributed by atoms with Crippen molar-refractivity contribution in [2.75, 3.05) is 0 Å². The van der Waals surface area contributed by atoms with E-state index in [1.165, 1.54) is 0 Å². The van der Waals surface area contributed by atoms with E-state index in [4.69, 9.17) is 0 Å². The standard InChI is InChI=1S/C9H8F3NO3/c1-8(14,9(10,11)12)6-3-2-4-7(5-6)13(15)16/h2-5,14H,1H3. The molecule has 88 valence electrons. The van der Waals surface area contributed by atoms with Crippen molar-refractivity contribution in [1.29, 1.82) is 0 Å². The number of benzene rings is 1. The molecule has 0 aliphatic heterocycles. The Morgan fingerprint density at radius 2 is 1.94 bits per heavy atom. The van der Waals surface area contributed by atoms with Gasteiger partial charge in [-0.05, 0) is 12.5 Å². The number of rotatable bonds is 2. The highest BCUT2D eigenvalue weighted by Gasteiger charge is 2.51. The molecule has 0 amide bonds. The van der Waals surface area contributed by atoms with Gasteiger partial charge in [0.1, 0.15) is 0 Å². The normalized spacial score (nSPS) is 15.6. The van der Waals surface area contributed by atoms with Crippen molar-refractivity contribution in [3.63, 3.8) is 0 Å². The molecule has 0 aliphatic carbocycles. The fourth-order valence-electron chi connectivity index (χ4n) is 1.09. The minimum absolute atomic E-state index is 0.498. The monoisotopic (exact) mass is 235 g/mol. The number of aliphatic hydroxyl groups is 1. The van der Waals surface area contributed by atoms with E-state index in [1.807, 2.05) is 0 Å². The fourth-order valence-corrected chi connectivity index (χ4v) is 1.09. The molecule has 0 spiro atoms. The zero-order valence-corrected chi connectivity index (χ0v) is 8.15. The Balaban J connectivity index is 3.24. The molecule has 0 saturated carbocycles. The fraction of sp³-hybridized carbons (Fsp3) is 0.333. The summed E-state index contributed by atoms with van der Waals surface area (Å²) < 4.78 is 37.3. The lowest BCUT2D eigenvalue weighted by atomic mass is 9.95. The third kappa shape index (κ3) is 2.13. The van der Waals surface area contributed by atoms with E-state index >= 15 is 0 Å². The maximum atomic E-state index is 12.4. The van der Waals surface area contributed by atoms with E-state index in [9.17, 15) is 28.4 Å². The highest BCUT2D eigenvalue weighted by atomic mass is 19.4. The summed E-state index contributed by atoms with van der Waals surface area (Å²) in [6, 6.07) is 3.83. The number of alkyl halides is 3. The molecule has 0 aliphatic rings. The van der Waals surface area contributed by atoms with E-state index in [0.717, 1.165) is 18.2 Å². The van der Waals surface area contributed by atoms with Gasteiger partial charge in [0, 0.05) is 12.1 Å². The summed E-state index contributed by atoms with van der Waals surface area (Å²) in [7, 11) is 0. The van der Waals surface area contributed by atoms with Gasteiger partial charge in [-0.15, -0.1) is 0 Å². The number of non-ortho nitro benzene ring substituents is 1. The second kappa shape index (κ2) is 3.75. The summed E-state index contributed by atoms with van der Waals surface area (Å²) >= 11 is 0. The minimum atomic E-state index is -4.89. The van der Waals surface area contributed by atoms with E-state index in [1.54, 1.807) is 0 Å². The van der Waals surface area contributed by atoms with E-state index in [0.29, 0.717) is 13.0 Å². The van der Waals surface area contributed by atoms with Crippen LogP contribution in [0.15, 0.2) is 24.3 Å². The molecule has 7 heteroatoms. The summed E-state index contributed by atoms with van der Waals surface area (Å²) in [5.74, 6) is 0. The topological polar surface area (TPSA) is 63.4 Å². The Kier molecular flexibility index (Phi) is 2.91. The summed E-state index contributed by atoms with van der Waals surface area (Å²) in [5, 5.41) is 19.7. The van der Waals surface area contributed by atoms with Gasteiger partial charge in [-0.25, -0.2) is 0 Å². The van der Waals surface area contributed by atoms with Crippen LogP contribution in [0.4, 0.5) is 18.9 Å². The molecule has 1 rings (SSSR count). The van der Waals surface area contributed by atoms with Crippen molar-refractivity contribution >= 4 is 5.69 Å². The molecule has 0 radical (unpaired) electrons. The Hall–Kier alpha value is -1.63. The highest BCUT2D eigenvalue weighted by Crippen LogP contribution is 2.39. The SMILES string of the molecule is CC(O)(c1cccc([N+](=O)[O-])c1)C(F)(F)F. The number of halogens is 3. The third-order valence-corrected chi connectivity index (χ3v) is 2.17. The minimum Gasteiger partial charge on any atom is -0.376 e. The maximum Gasteiger partial charge on any atom is 0.421 e. The molecule has 1 atom stereocenters. The lowest BCUT2D eigenvalue weighted by molar-refractivity contribution is -0.385. The third-order valence-electron chi connectivity index (χ3n) is 2.17. The average molecular weight is 235 g/mol. The van der Waals surface area contributed by atoms with E-state index in [-0.39, 0.29) is 0 Å². The molecule has 0 heterocycles. The van der Waals surface area contributed by atoms with Gasteiger partial charge in [-0.1, -0.05) is 12.1 Å². The molecule has 1 aromatic rings. The quantitative estimate of drug-likeness (QED) is 0.632. The summed E-state index contributed by atoms with van der Waals surface area (Å²) in [5.41, 5.74) is -4.16. The first-order valence-corrected chi connectivity index (χ1v) is 4.20. The van der Waals surface area contributed by atoms with Gasteiger partial charge in [0.2, 0.25) is 0 Å². The smallest absolute Gasteiger partial charge is 0.376 e. The van der Waals surface area contributed by atoms with Gasteiger partial charge in [0.25, 0.3) is 5.69 Å².